The largest absolute Gasteiger partial charge is 0.324 e. The van der Waals surface area contributed by atoms with Gasteiger partial charge in [0.15, 0.2) is 0 Å². The van der Waals surface area contributed by atoms with E-state index in [2.05, 4.69) is 15.2 Å². The number of urea groups is 1. The van der Waals surface area contributed by atoms with Gasteiger partial charge in [-0.25, -0.2) is 9.78 Å². The molecule has 2 amide bonds. The van der Waals surface area contributed by atoms with Crippen LogP contribution < -0.4 is 5.32 Å². The summed E-state index contributed by atoms with van der Waals surface area (Å²) in [5.74, 6) is 0.628. The summed E-state index contributed by atoms with van der Waals surface area (Å²) in [6.07, 6.45) is 7.50. The molecular weight excluding hydrogens is 296 g/mol. The summed E-state index contributed by atoms with van der Waals surface area (Å²) in [6, 6.07) is 3.78. The number of hydrogen-bond donors (Lipinski definition) is 1. The number of pyridine rings is 1. The first-order valence-corrected chi connectivity index (χ1v) is 9.25. The summed E-state index contributed by atoms with van der Waals surface area (Å²) in [5.41, 5.74) is 0.826. The van der Waals surface area contributed by atoms with Gasteiger partial charge in [-0.1, -0.05) is 0 Å². The highest BCUT2D eigenvalue weighted by Gasteiger charge is 2.28. The van der Waals surface area contributed by atoms with Crippen LogP contribution >= 0.6 is 11.8 Å². The third-order valence-electron chi connectivity index (χ3n) is 4.48. The van der Waals surface area contributed by atoms with Crippen molar-refractivity contribution in [3.63, 3.8) is 0 Å². The minimum absolute atomic E-state index is 0.0159. The second-order valence-electron chi connectivity index (χ2n) is 6.13. The molecule has 0 aliphatic carbocycles. The van der Waals surface area contributed by atoms with E-state index in [1.165, 1.54) is 25.9 Å². The van der Waals surface area contributed by atoms with Crippen molar-refractivity contribution in [3.8, 4) is 0 Å². The zero-order chi connectivity index (χ0) is 15.4. The van der Waals surface area contributed by atoms with Gasteiger partial charge < -0.3 is 15.1 Å². The number of nitrogens with zero attached hydrogens (tertiary/aromatic N) is 3. The quantitative estimate of drug-likeness (QED) is 0.867. The van der Waals surface area contributed by atoms with Crippen molar-refractivity contribution in [1.29, 1.82) is 0 Å². The van der Waals surface area contributed by atoms with E-state index >= 15 is 0 Å². The molecule has 0 bridgehead atoms. The summed E-state index contributed by atoms with van der Waals surface area (Å²) < 4.78 is 0. The van der Waals surface area contributed by atoms with Gasteiger partial charge in [0.05, 0.1) is 5.03 Å². The van der Waals surface area contributed by atoms with Crippen LogP contribution in [0.4, 0.5) is 10.5 Å². The molecule has 0 aromatic carbocycles. The Morgan fingerprint density at radius 1 is 1.41 bits per heavy atom. The molecule has 1 atom stereocenters. The molecule has 2 aliphatic rings. The van der Waals surface area contributed by atoms with Crippen molar-refractivity contribution >= 4 is 23.5 Å². The number of anilines is 1. The Kier molecular flexibility index (Phi) is 5.20. The standard InChI is InChI=1S/C16H24N4OS/c1-22-15-10-14(4-6-17-15)18-16(21)20-9-5-13(12-20)11-19-7-2-3-8-19/h4,6,10,13H,2-3,5,7-9,11-12H2,1H3,(H,17,18,21)/t13-/m0/s1. The van der Waals surface area contributed by atoms with Gasteiger partial charge in [0.2, 0.25) is 0 Å². The van der Waals surface area contributed by atoms with Crippen LogP contribution in [0, 0.1) is 5.92 Å². The Labute approximate surface area is 136 Å². The maximum absolute atomic E-state index is 12.4. The van der Waals surface area contributed by atoms with Crippen LogP contribution in [0.5, 0.6) is 0 Å². The molecule has 1 aromatic heterocycles. The van der Waals surface area contributed by atoms with Gasteiger partial charge in [-0.05, 0) is 56.7 Å². The lowest BCUT2D eigenvalue weighted by atomic mass is 10.1. The highest BCUT2D eigenvalue weighted by Crippen LogP contribution is 2.21. The van der Waals surface area contributed by atoms with E-state index in [1.54, 1.807) is 18.0 Å². The molecule has 22 heavy (non-hydrogen) atoms. The average Bonchev–Trinajstić information content (AvgIpc) is 3.20. The van der Waals surface area contributed by atoms with E-state index < -0.39 is 0 Å². The molecule has 6 heteroatoms. The van der Waals surface area contributed by atoms with Crippen molar-refractivity contribution in [1.82, 2.24) is 14.8 Å². The van der Waals surface area contributed by atoms with E-state index in [0.29, 0.717) is 5.92 Å². The van der Waals surface area contributed by atoms with Gasteiger partial charge in [-0.2, -0.15) is 0 Å². The highest BCUT2D eigenvalue weighted by atomic mass is 32.2. The zero-order valence-corrected chi connectivity index (χ0v) is 13.9. The Bertz CT molecular complexity index is 519. The fourth-order valence-corrected chi connectivity index (χ4v) is 3.71. The number of carbonyl (C=O) groups is 1. The van der Waals surface area contributed by atoms with Crippen LogP contribution in [0.15, 0.2) is 23.4 Å². The fourth-order valence-electron chi connectivity index (χ4n) is 3.30. The number of rotatable bonds is 4. The minimum Gasteiger partial charge on any atom is -0.324 e. The predicted molar refractivity (Wildman–Crippen MR) is 90.4 cm³/mol. The molecule has 2 saturated heterocycles. The summed E-state index contributed by atoms with van der Waals surface area (Å²) in [6.45, 7) is 5.36. The summed E-state index contributed by atoms with van der Waals surface area (Å²) in [4.78, 5) is 21.1. The van der Waals surface area contributed by atoms with Gasteiger partial charge in [-0.15, -0.1) is 11.8 Å². The van der Waals surface area contributed by atoms with Crippen molar-refractivity contribution < 1.29 is 4.79 Å². The maximum atomic E-state index is 12.4. The molecule has 0 unspecified atom stereocenters. The van der Waals surface area contributed by atoms with Gasteiger partial charge in [-0.3, -0.25) is 0 Å². The van der Waals surface area contributed by atoms with Crippen LogP contribution in [0.2, 0.25) is 0 Å². The predicted octanol–water partition coefficient (Wildman–Crippen LogP) is 2.75. The molecule has 120 valence electrons. The van der Waals surface area contributed by atoms with Crippen LogP contribution in [0.3, 0.4) is 0 Å². The maximum Gasteiger partial charge on any atom is 0.321 e. The lowest BCUT2D eigenvalue weighted by Crippen LogP contribution is -2.34. The molecule has 2 aliphatic heterocycles. The van der Waals surface area contributed by atoms with Crippen molar-refractivity contribution in [3.05, 3.63) is 18.3 Å². The molecular formula is C16H24N4OS. The Hall–Kier alpha value is -1.27. The summed E-state index contributed by atoms with van der Waals surface area (Å²) in [5, 5.41) is 3.92. The summed E-state index contributed by atoms with van der Waals surface area (Å²) in [7, 11) is 0. The molecule has 1 N–H and O–H groups in total. The number of hydrogen-bond acceptors (Lipinski definition) is 4. The smallest absolute Gasteiger partial charge is 0.321 e. The van der Waals surface area contributed by atoms with Gasteiger partial charge in [0.1, 0.15) is 0 Å². The fraction of sp³-hybridized carbons (Fsp3) is 0.625. The average molecular weight is 320 g/mol. The number of carbonyl (C=O) groups excluding carboxylic acids is 1. The van der Waals surface area contributed by atoms with Crippen LogP contribution in [-0.4, -0.2) is 59.8 Å². The first-order valence-electron chi connectivity index (χ1n) is 8.03. The third kappa shape index (κ3) is 3.93. The van der Waals surface area contributed by atoms with E-state index in [1.807, 2.05) is 23.3 Å². The van der Waals surface area contributed by atoms with Crippen molar-refractivity contribution in [2.75, 3.05) is 44.3 Å². The Balaban J connectivity index is 1.50. The SMILES string of the molecule is CSc1cc(NC(=O)N2CC[C@@H](CN3CCCC3)C2)ccn1. The number of nitrogens with one attached hydrogen (secondary N) is 1. The monoisotopic (exact) mass is 320 g/mol. The van der Waals surface area contributed by atoms with E-state index in [4.69, 9.17) is 0 Å². The zero-order valence-electron chi connectivity index (χ0n) is 13.1. The van der Waals surface area contributed by atoms with Gasteiger partial charge in [0.25, 0.3) is 0 Å². The second kappa shape index (κ2) is 7.33. The van der Waals surface area contributed by atoms with Crippen LogP contribution in [0.25, 0.3) is 0 Å². The van der Waals surface area contributed by atoms with E-state index in [0.717, 1.165) is 36.8 Å². The molecule has 0 radical (unpaired) electrons. The summed E-state index contributed by atoms with van der Waals surface area (Å²) >= 11 is 1.58. The van der Waals surface area contributed by atoms with Crippen LogP contribution in [0.1, 0.15) is 19.3 Å². The molecule has 3 heterocycles. The first kappa shape index (κ1) is 15.6. The van der Waals surface area contributed by atoms with E-state index in [-0.39, 0.29) is 6.03 Å². The molecule has 0 saturated carbocycles. The number of likely N-dealkylation sites (tertiary alicyclic amines) is 2. The Morgan fingerprint density at radius 3 is 3.00 bits per heavy atom. The topological polar surface area (TPSA) is 48.5 Å². The van der Waals surface area contributed by atoms with Crippen LogP contribution in [-0.2, 0) is 0 Å². The lowest BCUT2D eigenvalue weighted by molar-refractivity contribution is 0.217. The van der Waals surface area contributed by atoms with Gasteiger partial charge in [0, 0.05) is 31.5 Å². The molecule has 2 fully saturated rings. The first-order chi connectivity index (χ1) is 10.7. The molecule has 1 aromatic rings. The lowest BCUT2D eigenvalue weighted by Gasteiger charge is -2.21. The van der Waals surface area contributed by atoms with Crippen molar-refractivity contribution in [2.45, 2.75) is 24.3 Å². The van der Waals surface area contributed by atoms with Crippen molar-refractivity contribution in [2.24, 2.45) is 5.92 Å². The number of amides is 2. The third-order valence-corrected chi connectivity index (χ3v) is 5.12. The number of aromatic nitrogens is 1. The molecule has 3 rings (SSSR count). The number of thioether (sulfide) groups is 1. The van der Waals surface area contributed by atoms with Gasteiger partial charge >= 0.3 is 6.03 Å². The highest BCUT2D eigenvalue weighted by molar-refractivity contribution is 7.98. The Morgan fingerprint density at radius 2 is 2.23 bits per heavy atom. The minimum atomic E-state index is 0.0159. The van der Waals surface area contributed by atoms with E-state index in [9.17, 15) is 4.79 Å². The normalized spacial score (nSPS) is 22.2. The second-order valence-corrected chi connectivity index (χ2v) is 6.95. The molecule has 0 spiro atoms. The molecule has 5 nitrogen and oxygen atoms in total.